The van der Waals surface area contributed by atoms with E-state index in [1.165, 1.54) is 0 Å². The monoisotopic (exact) mass is 297 g/mol. The SMILES string of the molecule is CCOC(=O)CCCCCNC(=O)c1ccccc1Cl. The first kappa shape index (κ1) is 16.5. The molecular formula is C15H20ClNO3. The van der Waals surface area contributed by atoms with E-state index in [0.717, 1.165) is 19.3 Å². The van der Waals surface area contributed by atoms with E-state index in [1.54, 1.807) is 31.2 Å². The van der Waals surface area contributed by atoms with Crippen molar-refractivity contribution in [2.75, 3.05) is 13.2 Å². The molecule has 20 heavy (non-hydrogen) atoms. The molecule has 1 aromatic carbocycles. The van der Waals surface area contributed by atoms with E-state index in [0.29, 0.717) is 30.2 Å². The fraction of sp³-hybridized carbons (Fsp3) is 0.467. The summed E-state index contributed by atoms with van der Waals surface area (Å²) in [5, 5.41) is 3.26. The van der Waals surface area contributed by atoms with Gasteiger partial charge in [-0.25, -0.2) is 0 Å². The Hall–Kier alpha value is -1.55. The van der Waals surface area contributed by atoms with Gasteiger partial charge in [0.05, 0.1) is 17.2 Å². The molecule has 0 aliphatic rings. The standard InChI is InChI=1S/C15H20ClNO3/c1-2-20-14(18)10-4-3-7-11-17-15(19)12-8-5-6-9-13(12)16/h5-6,8-9H,2-4,7,10-11H2,1H3,(H,17,19). The Bertz CT molecular complexity index is 448. The van der Waals surface area contributed by atoms with Crippen LogP contribution in [0.25, 0.3) is 0 Å². The van der Waals surface area contributed by atoms with Crippen LogP contribution in [0.15, 0.2) is 24.3 Å². The Morgan fingerprint density at radius 1 is 1.20 bits per heavy atom. The van der Waals surface area contributed by atoms with Crippen molar-refractivity contribution in [3.63, 3.8) is 0 Å². The van der Waals surface area contributed by atoms with Crippen molar-refractivity contribution < 1.29 is 14.3 Å². The number of amides is 1. The van der Waals surface area contributed by atoms with E-state index < -0.39 is 0 Å². The zero-order valence-corrected chi connectivity index (χ0v) is 12.4. The summed E-state index contributed by atoms with van der Waals surface area (Å²) in [5.41, 5.74) is 0.487. The van der Waals surface area contributed by atoms with Crippen molar-refractivity contribution in [3.8, 4) is 0 Å². The van der Waals surface area contributed by atoms with Gasteiger partial charge in [0.1, 0.15) is 0 Å². The highest BCUT2D eigenvalue weighted by Crippen LogP contribution is 2.14. The molecule has 4 nitrogen and oxygen atoms in total. The molecule has 0 aliphatic heterocycles. The van der Waals surface area contributed by atoms with Crippen molar-refractivity contribution in [2.45, 2.75) is 32.6 Å². The normalized spacial score (nSPS) is 10.1. The van der Waals surface area contributed by atoms with Gasteiger partial charge in [0.2, 0.25) is 0 Å². The van der Waals surface area contributed by atoms with E-state index in [1.807, 2.05) is 0 Å². The quantitative estimate of drug-likeness (QED) is 0.592. The number of unbranched alkanes of at least 4 members (excludes halogenated alkanes) is 2. The molecule has 0 unspecified atom stereocenters. The molecule has 0 radical (unpaired) electrons. The molecule has 0 aliphatic carbocycles. The van der Waals surface area contributed by atoms with Crippen molar-refractivity contribution in [2.24, 2.45) is 0 Å². The maximum atomic E-state index is 11.8. The summed E-state index contributed by atoms with van der Waals surface area (Å²) in [6, 6.07) is 6.95. The van der Waals surface area contributed by atoms with Crippen molar-refractivity contribution in [3.05, 3.63) is 34.9 Å². The van der Waals surface area contributed by atoms with Crippen LogP contribution < -0.4 is 5.32 Å². The van der Waals surface area contributed by atoms with Crippen LogP contribution in [0.5, 0.6) is 0 Å². The molecule has 0 saturated carbocycles. The molecule has 0 aromatic heterocycles. The number of nitrogens with one attached hydrogen (secondary N) is 1. The molecule has 0 spiro atoms. The van der Waals surface area contributed by atoms with Gasteiger partial charge >= 0.3 is 5.97 Å². The van der Waals surface area contributed by atoms with Crippen LogP contribution in [0, 0.1) is 0 Å². The number of hydrogen-bond donors (Lipinski definition) is 1. The average molecular weight is 298 g/mol. The number of esters is 1. The minimum atomic E-state index is -0.166. The third-order valence-corrected chi connectivity index (χ3v) is 3.10. The zero-order valence-electron chi connectivity index (χ0n) is 11.7. The second-order valence-electron chi connectivity index (χ2n) is 4.35. The predicted octanol–water partition coefficient (Wildman–Crippen LogP) is 3.19. The molecule has 1 aromatic rings. The summed E-state index contributed by atoms with van der Waals surface area (Å²) >= 11 is 5.93. The summed E-state index contributed by atoms with van der Waals surface area (Å²) in [4.78, 5) is 22.9. The maximum Gasteiger partial charge on any atom is 0.305 e. The molecule has 0 fully saturated rings. The Balaban J connectivity index is 2.14. The minimum Gasteiger partial charge on any atom is -0.466 e. The largest absolute Gasteiger partial charge is 0.466 e. The van der Waals surface area contributed by atoms with Gasteiger partial charge in [-0.3, -0.25) is 9.59 Å². The van der Waals surface area contributed by atoms with Gasteiger partial charge in [-0.05, 0) is 31.9 Å². The topological polar surface area (TPSA) is 55.4 Å². The molecule has 0 saturated heterocycles. The van der Waals surface area contributed by atoms with Gasteiger partial charge in [-0.2, -0.15) is 0 Å². The fourth-order valence-electron chi connectivity index (χ4n) is 1.75. The highest BCUT2D eigenvalue weighted by Gasteiger charge is 2.08. The van der Waals surface area contributed by atoms with Crippen LogP contribution in [0.4, 0.5) is 0 Å². The Morgan fingerprint density at radius 2 is 1.95 bits per heavy atom. The van der Waals surface area contributed by atoms with Crippen molar-refractivity contribution in [1.29, 1.82) is 0 Å². The Morgan fingerprint density at radius 3 is 2.65 bits per heavy atom. The van der Waals surface area contributed by atoms with Gasteiger partial charge in [0, 0.05) is 13.0 Å². The highest BCUT2D eigenvalue weighted by atomic mass is 35.5. The predicted molar refractivity (Wildman–Crippen MR) is 78.9 cm³/mol. The average Bonchev–Trinajstić information content (AvgIpc) is 2.43. The van der Waals surface area contributed by atoms with Crippen LogP contribution in [0.3, 0.4) is 0 Å². The van der Waals surface area contributed by atoms with Crippen LogP contribution in [0.1, 0.15) is 43.0 Å². The summed E-state index contributed by atoms with van der Waals surface area (Å²) in [5.74, 6) is -0.325. The van der Waals surface area contributed by atoms with Crippen molar-refractivity contribution in [1.82, 2.24) is 5.32 Å². The third kappa shape index (κ3) is 6.06. The first-order chi connectivity index (χ1) is 9.65. The smallest absolute Gasteiger partial charge is 0.305 e. The van der Waals surface area contributed by atoms with Gasteiger partial charge in [0.25, 0.3) is 5.91 Å². The third-order valence-electron chi connectivity index (χ3n) is 2.77. The molecule has 5 heteroatoms. The second-order valence-corrected chi connectivity index (χ2v) is 4.76. The number of benzene rings is 1. The van der Waals surface area contributed by atoms with Gasteiger partial charge < -0.3 is 10.1 Å². The van der Waals surface area contributed by atoms with E-state index in [9.17, 15) is 9.59 Å². The minimum absolute atomic E-state index is 0.160. The lowest BCUT2D eigenvalue weighted by Crippen LogP contribution is -2.24. The van der Waals surface area contributed by atoms with E-state index in [2.05, 4.69) is 5.32 Å². The van der Waals surface area contributed by atoms with E-state index >= 15 is 0 Å². The van der Waals surface area contributed by atoms with E-state index in [4.69, 9.17) is 16.3 Å². The number of ether oxygens (including phenoxy) is 1. The maximum absolute atomic E-state index is 11.8. The zero-order chi connectivity index (χ0) is 14.8. The Kier molecular flexibility index (Phi) is 7.73. The molecule has 1 rings (SSSR count). The van der Waals surface area contributed by atoms with Crippen LogP contribution in [-0.2, 0) is 9.53 Å². The summed E-state index contributed by atoms with van der Waals surface area (Å²) < 4.78 is 4.83. The molecular weight excluding hydrogens is 278 g/mol. The first-order valence-corrected chi connectivity index (χ1v) is 7.21. The lowest BCUT2D eigenvalue weighted by Gasteiger charge is -2.06. The summed E-state index contributed by atoms with van der Waals surface area (Å²) in [6.45, 7) is 2.79. The molecule has 0 bridgehead atoms. The Labute approximate surface area is 124 Å². The van der Waals surface area contributed by atoms with Crippen LogP contribution in [0.2, 0.25) is 5.02 Å². The number of rotatable bonds is 8. The van der Waals surface area contributed by atoms with Crippen LogP contribution in [-0.4, -0.2) is 25.0 Å². The van der Waals surface area contributed by atoms with Gasteiger partial charge in [-0.1, -0.05) is 30.2 Å². The van der Waals surface area contributed by atoms with Gasteiger partial charge in [-0.15, -0.1) is 0 Å². The summed E-state index contributed by atoms with van der Waals surface area (Å²) in [7, 11) is 0. The molecule has 0 atom stereocenters. The molecule has 0 heterocycles. The number of carbonyl (C=O) groups excluding carboxylic acids is 2. The molecule has 110 valence electrons. The second kappa shape index (κ2) is 9.37. The fourth-order valence-corrected chi connectivity index (χ4v) is 1.97. The molecule has 1 N–H and O–H groups in total. The lowest BCUT2D eigenvalue weighted by atomic mass is 10.2. The summed E-state index contributed by atoms with van der Waals surface area (Å²) in [6.07, 6.45) is 2.92. The lowest BCUT2D eigenvalue weighted by molar-refractivity contribution is -0.143. The number of halogens is 1. The highest BCUT2D eigenvalue weighted by molar-refractivity contribution is 6.33. The van der Waals surface area contributed by atoms with Crippen LogP contribution >= 0.6 is 11.6 Å². The van der Waals surface area contributed by atoms with Gasteiger partial charge in [0.15, 0.2) is 0 Å². The van der Waals surface area contributed by atoms with E-state index in [-0.39, 0.29) is 11.9 Å². The number of hydrogen-bond acceptors (Lipinski definition) is 3. The first-order valence-electron chi connectivity index (χ1n) is 6.83. The number of carbonyl (C=O) groups is 2. The van der Waals surface area contributed by atoms with Crippen molar-refractivity contribution >= 4 is 23.5 Å². The molecule has 1 amide bonds.